The van der Waals surface area contributed by atoms with E-state index in [0.717, 1.165) is 101 Å². The molecule has 14 nitrogen and oxygen atoms in total. The fourth-order valence-electron chi connectivity index (χ4n) is 9.72. The van der Waals surface area contributed by atoms with Gasteiger partial charge in [-0.05, 0) is 134 Å². The number of aromatic nitrogens is 1. The molecule has 2 atom stereocenters. The number of allylic oxidation sites excluding steroid dienone is 1. The minimum atomic E-state index is -4.54. The van der Waals surface area contributed by atoms with Gasteiger partial charge in [0.15, 0.2) is 0 Å². The molecule has 0 saturated carbocycles. The number of halogens is 1. The van der Waals surface area contributed by atoms with Crippen LogP contribution in [0.5, 0.6) is 0 Å². The van der Waals surface area contributed by atoms with Crippen molar-refractivity contribution in [1.29, 1.82) is 0 Å². The van der Waals surface area contributed by atoms with Gasteiger partial charge >= 0.3 is 0 Å². The quantitative estimate of drug-likeness (QED) is 0.0807. The van der Waals surface area contributed by atoms with Gasteiger partial charge in [0.05, 0.1) is 9.82 Å². The van der Waals surface area contributed by atoms with Crippen LogP contribution in [0.15, 0.2) is 89.5 Å². The first-order valence-electron chi connectivity index (χ1n) is 21.9. The van der Waals surface area contributed by atoms with Crippen molar-refractivity contribution in [1.82, 2.24) is 19.9 Å². The smallest absolute Gasteiger partial charge is 0.293 e. The number of amides is 1. The monoisotopic (exact) mass is 896 g/mol. The molecule has 334 valence electrons. The van der Waals surface area contributed by atoms with Crippen LogP contribution in [-0.4, -0.2) is 94.2 Å². The van der Waals surface area contributed by atoms with E-state index in [1.807, 2.05) is 24.3 Å². The van der Waals surface area contributed by atoms with Gasteiger partial charge in [-0.2, -0.15) is 0 Å². The number of nitrogens with zero attached hydrogens (tertiary/aromatic N) is 4. The molecule has 5 N–H and O–H groups in total. The van der Waals surface area contributed by atoms with Crippen LogP contribution in [0, 0.1) is 27.4 Å². The maximum atomic E-state index is 14.0. The normalized spacial score (nSPS) is 21.2. The van der Waals surface area contributed by atoms with E-state index < -0.39 is 25.7 Å². The predicted octanol–water partition coefficient (Wildman–Crippen LogP) is 7.61. The molecule has 0 radical (unpaired) electrons. The fourth-order valence-corrected chi connectivity index (χ4v) is 10.8. The number of hydrogen-bond donors (Lipinski definition) is 4. The SMILES string of the molecule is CC1(C)CCC(CN2CCN(c3ccc(C(=O)NS(=O)(=O)c4ccc(NC5CCNCC5C5CCOCC5)c([N+](=O)[O-])c4)c(-c4ccc(N)nc4)c3)CC2)=C(c2ccc(Cl)cc2)C1. The molecule has 3 aliphatic heterocycles. The highest BCUT2D eigenvalue weighted by Gasteiger charge is 2.35. The van der Waals surface area contributed by atoms with Crippen molar-refractivity contribution in [2.75, 3.05) is 75.0 Å². The molecule has 8 rings (SSSR count). The number of nitrogens with two attached hydrogens (primary N) is 1. The van der Waals surface area contributed by atoms with Gasteiger partial charge in [-0.1, -0.05) is 43.2 Å². The van der Waals surface area contributed by atoms with E-state index >= 15 is 0 Å². The van der Waals surface area contributed by atoms with E-state index in [9.17, 15) is 23.3 Å². The number of rotatable bonds is 12. The van der Waals surface area contributed by atoms with E-state index in [1.54, 1.807) is 24.4 Å². The summed E-state index contributed by atoms with van der Waals surface area (Å²) >= 11 is 6.24. The van der Waals surface area contributed by atoms with Crippen LogP contribution in [0.4, 0.5) is 22.9 Å². The Balaban J connectivity index is 0.987. The summed E-state index contributed by atoms with van der Waals surface area (Å²) in [5, 5.41) is 20.0. The first-order chi connectivity index (χ1) is 30.2. The Kier molecular flexibility index (Phi) is 13.4. The Bertz CT molecular complexity index is 2450. The first kappa shape index (κ1) is 44.5. The lowest BCUT2D eigenvalue weighted by molar-refractivity contribution is -0.384. The van der Waals surface area contributed by atoms with Crippen molar-refractivity contribution in [3.8, 4) is 11.1 Å². The summed E-state index contributed by atoms with van der Waals surface area (Å²) in [6, 6.07) is 20.6. The molecular formula is C47H57ClN8O6S. The van der Waals surface area contributed by atoms with Crippen LogP contribution >= 0.6 is 11.6 Å². The van der Waals surface area contributed by atoms with Crippen LogP contribution < -0.4 is 26.0 Å². The van der Waals surface area contributed by atoms with E-state index in [2.05, 4.69) is 56.1 Å². The third-order valence-corrected chi connectivity index (χ3v) is 14.9. The second-order valence-corrected chi connectivity index (χ2v) is 20.2. The highest BCUT2D eigenvalue weighted by atomic mass is 35.5. The Hall–Kier alpha value is -5.06. The maximum Gasteiger partial charge on any atom is 0.293 e. The van der Waals surface area contributed by atoms with Gasteiger partial charge < -0.3 is 26.0 Å². The highest BCUT2D eigenvalue weighted by molar-refractivity contribution is 7.90. The average molecular weight is 898 g/mol. The van der Waals surface area contributed by atoms with E-state index in [4.69, 9.17) is 22.1 Å². The molecule has 16 heteroatoms. The summed E-state index contributed by atoms with van der Waals surface area (Å²) in [7, 11) is -4.54. The zero-order valence-corrected chi connectivity index (χ0v) is 37.5. The Morgan fingerprint density at radius 3 is 2.46 bits per heavy atom. The Morgan fingerprint density at radius 2 is 1.75 bits per heavy atom. The number of anilines is 3. The van der Waals surface area contributed by atoms with Crippen molar-refractivity contribution in [2.24, 2.45) is 17.3 Å². The maximum absolute atomic E-state index is 14.0. The molecule has 1 aromatic heterocycles. The van der Waals surface area contributed by atoms with E-state index in [-0.39, 0.29) is 34.3 Å². The fraction of sp³-hybridized carbons (Fsp3) is 0.447. The van der Waals surface area contributed by atoms with E-state index in [1.165, 1.54) is 28.8 Å². The molecule has 1 amide bonds. The summed E-state index contributed by atoms with van der Waals surface area (Å²) in [5.41, 5.74) is 12.2. The van der Waals surface area contributed by atoms with Crippen LogP contribution in [0.1, 0.15) is 68.3 Å². The lowest BCUT2D eigenvalue weighted by Crippen LogP contribution is -2.48. The van der Waals surface area contributed by atoms with Gasteiger partial charge in [-0.3, -0.25) is 19.8 Å². The summed E-state index contributed by atoms with van der Waals surface area (Å²) in [5.74, 6) is 0.0640. The topological polar surface area (TPSA) is 185 Å². The molecule has 0 spiro atoms. The molecule has 63 heavy (non-hydrogen) atoms. The summed E-state index contributed by atoms with van der Waals surface area (Å²) in [6.45, 7) is 11.7. The molecule has 0 bridgehead atoms. The standard InChI is InChI=1S/C47H57ClN8O6S/c1-47(2)17-13-34(40(27-47)31-3-6-35(48)7-4-31)30-54-19-21-55(22-20-54)36-8-10-38(39(25-36)33-5-12-45(49)51-28-33)46(57)53-63(60,61)37-9-11-43(44(26-37)56(58)59)52-42-14-18-50-29-41(42)32-15-23-62-24-16-32/h3-12,25-26,28,32,41-42,50,52H,13-24,27,29-30H2,1-2H3,(H2,49,51)(H,53,57). The van der Waals surface area contributed by atoms with Crippen molar-refractivity contribution in [3.05, 3.63) is 111 Å². The minimum Gasteiger partial charge on any atom is -0.384 e. The number of carbonyl (C=O) groups excluding carboxylic acids is 1. The Morgan fingerprint density at radius 1 is 1.00 bits per heavy atom. The summed E-state index contributed by atoms with van der Waals surface area (Å²) in [6.07, 6.45) is 7.38. The lowest BCUT2D eigenvalue weighted by atomic mass is 9.72. The summed E-state index contributed by atoms with van der Waals surface area (Å²) < 4.78 is 35.4. The van der Waals surface area contributed by atoms with Crippen molar-refractivity contribution < 1.29 is 22.9 Å². The minimum absolute atomic E-state index is 0.0377. The van der Waals surface area contributed by atoms with Gasteiger partial charge in [0.25, 0.3) is 21.6 Å². The molecule has 1 aliphatic carbocycles. The highest BCUT2D eigenvalue weighted by Crippen LogP contribution is 2.44. The first-order valence-corrected chi connectivity index (χ1v) is 23.8. The number of pyridine rings is 1. The number of nitro groups is 1. The van der Waals surface area contributed by atoms with Crippen LogP contribution in [0.2, 0.25) is 5.02 Å². The van der Waals surface area contributed by atoms with Crippen molar-refractivity contribution in [3.63, 3.8) is 0 Å². The summed E-state index contributed by atoms with van der Waals surface area (Å²) in [4.78, 5) is 34.4. The van der Waals surface area contributed by atoms with Gasteiger partial charge in [-0.25, -0.2) is 18.1 Å². The van der Waals surface area contributed by atoms with Crippen molar-refractivity contribution in [2.45, 2.75) is 63.3 Å². The zero-order chi connectivity index (χ0) is 44.3. The predicted molar refractivity (Wildman–Crippen MR) is 248 cm³/mol. The molecular weight excluding hydrogens is 840 g/mol. The van der Waals surface area contributed by atoms with Crippen LogP contribution in [0.3, 0.4) is 0 Å². The molecule has 4 aromatic rings. The van der Waals surface area contributed by atoms with Gasteiger partial charge in [0.2, 0.25) is 0 Å². The van der Waals surface area contributed by atoms with E-state index in [0.29, 0.717) is 36.1 Å². The molecule has 3 saturated heterocycles. The number of nitrogen functional groups attached to an aromatic ring is 1. The number of nitro benzene ring substituents is 1. The van der Waals surface area contributed by atoms with Gasteiger partial charge in [0.1, 0.15) is 11.5 Å². The van der Waals surface area contributed by atoms with Gasteiger partial charge in [0, 0.05) is 92.6 Å². The Labute approximate surface area is 374 Å². The second-order valence-electron chi connectivity index (χ2n) is 18.1. The largest absolute Gasteiger partial charge is 0.384 e. The number of nitrogens with one attached hydrogen (secondary N) is 3. The number of piperidine rings is 1. The molecule has 4 heterocycles. The number of ether oxygens (including phenoxy) is 1. The number of sulfonamides is 1. The lowest BCUT2D eigenvalue weighted by Gasteiger charge is -2.39. The number of piperazine rings is 1. The molecule has 3 aromatic carbocycles. The molecule has 3 fully saturated rings. The second kappa shape index (κ2) is 19.0. The van der Waals surface area contributed by atoms with Crippen LogP contribution in [-0.2, 0) is 14.8 Å². The third-order valence-electron chi connectivity index (χ3n) is 13.3. The number of benzene rings is 3. The third kappa shape index (κ3) is 10.5. The number of hydrogen-bond acceptors (Lipinski definition) is 12. The molecule has 4 aliphatic rings. The number of carbonyl (C=O) groups is 1. The zero-order valence-electron chi connectivity index (χ0n) is 35.9. The molecule has 2 unspecified atom stereocenters. The van der Waals surface area contributed by atoms with Crippen LogP contribution in [0.25, 0.3) is 16.7 Å². The average Bonchev–Trinajstić information content (AvgIpc) is 3.28. The van der Waals surface area contributed by atoms with Crippen molar-refractivity contribution >= 4 is 56.0 Å². The van der Waals surface area contributed by atoms with Gasteiger partial charge in [-0.15, -0.1) is 0 Å².